The molecule has 4 nitrogen and oxygen atoms in total. The molecule has 0 saturated heterocycles. The van der Waals surface area contributed by atoms with E-state index in [2.05, 4.69) is 26.6 Å². The minimum atomic E-state index is -0.317. The van der Waals surface area contributed by atoms with Gasteiger partial charge in [0.2, 0.25) is 0 Å². The lowest BCUT2D eigenvalue weighted by Crippen LogP contribution is -2.34. The summed E-state index contributed by atoms with van der Waals surface area (Å²) in [6.45, 7) is 6.33. The molecule has 0 fully saturated rings. The molecular formula is C18H19BrN2O2S. The monoisotopic (exact) mass is 406 g/mol. The molecule has 126 valence electrons. The minimum Gasteiger partial charge on any atom is -0.493 e. The Balaban J connectivity index is 2.13. The van der Waals surface area contributed by atoms with Crippen LogP contribution in [0.25, 0.3) is 0 Å². The van der Waals surface area contributed by atoms with Crippen LogP contribution in [0.2, 0.25) is 0 Å². The summed E-state index contributed by atoms with van der Waals surface area (Å²) >= 11 is 8.63. The van der Waals surface area contributed by atoms with Crippen molar-refractivity contribution in [3.63, 3.8) is 0 Å². The van der Waals surface area contributed by atoms with Crippen LogP contribution in [0.15, 0.2) is 40.9 Å². The average molecular weight is 407 g/mol. The first kappa shape index (κ1) is 18.4. The highest BCUT2D eigenvalue weighted by Crippen LogP contribution is 2.23. The molecular weight excluding hydrogens is 388 g/mol. The summed E-state index contributed by atoms with van der Waals surface area (Å²) in [6, 6.07) is 11.3. The SMILES string of the molecule is CCOc1ccc(Br)cc1C(=O)NC(=S)Nc1cc(C)ccc1C. The predicted octanol–water partition coefficient (Wildman–Crippen LogP) is 4.59. The first-order chi connectivity index (χ1) is 11.4. The molecule has 0 aliphatic heterocycles. The number of amides is 1. The van der Waals surface area contributed by atoms with Crippen LogP contribution in [0.5, 0.6) is 5.75 Å². The Morgan fingerprint density at radius 1 is 1.21 bits per heavy atom. The van der Waals surface area contributed by atoms with Gasteiger partial charge in [-0.2, -0.15) is 0 Å². The molecule has 0 saturated carbocycles. The quantitative estimate of drug-likeness (QED) is 0.728. The first-order valence-electron chi connectivity index (χ1n) is 7.52. The number of hydrogen-bond donors (Lipinski definition) is 2. The van der Waals surface area contributed by atoms with E-state index in [4.69, 9.17) is 17.0 Å². The van der Waals surface area contributed by atoms with E-state index < -0.39 is 0 Å². The van der Waals surface area contributed by atoms with E-state index in [1.54, 1.807) is 12.1 Å². The van der Waals surface area contributed by atoms with Gasteiger partial charge in [-0.05, 0) is 68.4 Å². The maximum Gasteiger partial charge on any atom is 0.261 e. The Bertz CT molecular complexity index is 778. The summed E-state index contributed by atoms with van der Waals surface area (Å²) < 4.78 is 6.30. The molecule has 0 atom stereocenters. The predicted molar refractivity (Wildman–Crippen MR) is 105 cm³/mol. The summed E-state index contributed by atoms with van der Waals surface area (Å²) in [7, 11) is 0. The Labute approximate surface area is 155 Å². The van der Waals surface area contributed by atoms with E-state index in [-0.39, 0.29) is 11.0 Å². The first-order valence-corrected chi connectivity index (χ1v) is 8.72. The summed E-state index contributed by atoms with van der Waals surface area (Å²) in [6.07, 6.45) is 0. The lowest BCUT2D eigenvalue weighted by atomic mass is 10.1. The molecule has 0 bridgehead atoms. The number of aryl methyl sites for hydroxylation is 2. The van der Waals surface area contributed by atoms with E-state index >= 15 is 0 Å². The standard InChI is InChI=1S/C18H19BrN2O2S/c1-4-23-16-8-7-13(19)10-14(16)17(22)21-18(24)20-15-9-11(2)5-6-12(15)3/h5-10H,4H2,1-3H3,(H2,20,21,22,24). The number of carbonyl (C=O) groups excluding carboxylic acids is 1. The second kappa shape index (κ2) is 8.26. The van der Waals surface area contributed by atoms with Gasteiger partial charge in [-0.3, -0.25) is 10.1 Å². The number of rotatable bonds is 4. The molecule has 0 radical (unpaired) electrons. The molecule has 0 unspecified atom stereocenters. The number of carbonyl (C=O) groups is 1. The lowest BCUT2D eigenvalue weighted by Gasteiger charge is -2.14. The number of hydrogen-bond acceptors (Lipinski definition) is 3. The maximum atomic E-state index is 12.5. The van der Waals surface area contributed by atoms with Crippen LogP contribution in [0.3, 0.4) is 0 Å². The van der Waals surface area contributed by atoms with E-state index in [1.807, 2.05) is 45.0 Å². The number of ether oxygens (including phenoxy) is 1. The second-order valence-corrected chi connectivity index (χ2v) is 6.62. The van der Waals surface area contributed by atoms with Gasteiger partial charge in [0.15, 0.2) is 5.11 Å². The van der Waals surface area contributed by atoms with Gasteiger partial charge in [-0.1, -0.05) is 28.1 Å². The normalized spacial score (nSPS) is 10.2. The fraction of sp³-hybridized carbons (Fsp3) is 0.222. The summed E-state index contributed by atoms with van der Waals surface area (Å²) in [5, 5.41) is 6.01. The largest absolute Gasteiger partial charge is 0.493 e. The van der Waals surface area contributed by atoms with E-state index in [0.717, 1.165) is 21.3 Å². The van der Waals surface area contributed by atoms with Crippen molar-refractivity contribution in [3.8, 4) is 5.75 Å². The van der Waals surface area contributed by atoms with Crippen molar-refractivity contribution in [1.29, 1.82) is 0 Å². The molecule has 0 aromatic heterocycles. The highest BCUT2D eigenvalue weighted by Gasteiger charge is 2.15. The van der Waals surface area contributed by atoms with Crippen molar-refractivity contribution in [2.24, 2.45) is 0 Å². The third kappa shape index (κ3) is 4.79. The summed E-state index contributed by atoms with van der Waals surface area (Å²) in [4.78, 5) is 12.5. The molecule has 1 amide bonds. The Hall–Kier alpha value is -1.92. The number of halogens is 1. The minimum absolute atomic E-state index is 0.246. The smallest absolute Gasteiger partial charge is 0.261 e. The molecule has 2 N–H and O–H groups in total. The molecule has 24 heavy (non-hydrogen) atoms. The van der Waals surface area contributed by atoms with Gasteiger partial charge in [0.05, 0.1) is 12.2 Å². The lowest BCUT2D eigenvalue weighted by molar-refractivity contribution is 0.0974. The summed E-state index contributed by atoms with van der Waals surface area (Å²) in [5.74, 6) is 0.204. The van der Waals surface area contributed by atoms with Gasteiger partial charge in [0, 0.05) is 10.2 Å². The highest BCUT2D eigenvalue weighted by atomic mass is 79.9. The van der Waals surface area contributed by atoms with Gasteiger partial charge in [0.1, 0.15) is 5.75 Å². The third-order valence-electron chi connectivity index (χ3n) is 3.35. The van der Waals surface area contributed by atoms with Crippen molar-refractivity contribution in [2.45, 2.75) is 20.8 Å². The molecule has 2 aromatic carbocycles. The van der Waals surface area contributed by atoms with Crippen molar-refractivity contribution in [3.05, 3.63) is 57.6 Å². The van der Waals surface area contributed by atoms with Crippen LogP contribution < -0.4 is 15.4 Å². The van der Waals surface area contributed by atoms with E-state index in [0.29, 0.717) is 17.9 Å². The molecule has 2 rings (SSSR count). The van der Waals surface area contributed by atoms with Gasteiger partial charge in [-0.25, -0.2) is 0 Å². The molecule has 0 aliphatic rings. The van der Waals surface area contributed by atoms with Crippen LogP contribution in [-0.2, 0) is 0 Å². The van der Waals surface area contributed by atoms with Crippen LogP contribution in [-0.4, -0.2) is 17.6 Å². The van der Waals surface area contributed by atoms with Gasteiger partial charge >= 0.3 is 0 Å². The van der Waals surface area contributed by atoms with Crippen molar-refractivity contribution >= 4 is 44.9 Å². The van der Waals surface area contributed by atoms with Gasteiger partial charge in [0.25, 0.3) is 5.91 Å². The molecule has 2 aromatic rings. The van der Waals surface area contributed by atoms with Crippen LogP contribution in [0.1, 0.15) is 28.4 Å². The summed E-state index contributed by atoms with van der Waals surface area (Å²) in [5.41, 5.74) is 3.47. The fourth-order valence-corrected chi connectivity index (χ4v) is 2.72. The molecule has 0 spiro atoms. The van der Waals surface area contributed by atoms with Gasteiger partial charge < -0.3 is 10.1 Å². The number of thiocarbonyl (C=S) groups is 1. The molecule has 0 heterocycles. The maximum absolute atomic E-state index is 12.5. The zero-order valence-electron chi connectivity index (χ0n) is 13.8. The topological polar surface area (TPSA) is 50.4 Å². The number of nitrogens with one attached hydrogen (secondary N) is 2. The van der Waals surface area contributed by atoms with Crippen molar-refractivity contribution in [1.82, 2.24) is 5.32 Å². The van der Waals surface area contributed by atoms with Crippen LogP contribution >= 0.6 is 28.1 Å². The number of anilines is 1. The van der Waals surface area contributed by atoms with E-state index in [1.165, 1.54) is 0 Å². The zero-order valence-corrected chi connectivity index (χ0v) is 16.2. The van der Waals surface area contributed by atoms with Crippen molar-refractivity contribution < 1.29 is 9.53 Å². The third-order valence-corrected chi connectivity index (χ3v) is 4.05. The molecule has 6 heteroatoms. The van der Waals surface area contributed by atoms with Crippen LogP contribution in [0.4, 0.5) is 5.69 Å². The Morgan fingerprint density at radius 3 is 2.67 bits per heavy atom. The van der Waals surface area contributed by atoms with Crippen LogP contribution in [0, 0.1) is 13.8 Å². The second-order valence-electron chi connectivity index (χ2n) is 5.30. The van der Waals surface area contributed by atoms with E-state index in [9.17, 15) is 4.79 Å². The Kier molecular flexibility index (Phi) is 6.34. The van der Waals surface area contributed by atoms with Crippen molar-refractivity contribution in [2.75, 3.05) is 11.9 Å². The average Bonchev–Trinajstić information content (AvgIpc) is 2.52. The molecule has 0 aliphatic carbocycles. The fourth-order valence-electron chi connectivity index (χ4n) is 2.16. The zero-order chi connectivity index (χ0) is 17.7. The highest BCUT2D eigenvalue weighted by molar-refractivity contribution is 9.10. The number of benzene rings is 2. The van der Waals surface area contributed by atoms with Gasteiger partial charge in [-0.15, -0.1) is 0 Å². The Morgan fingerprint density at radius 2 is 1.96 bits per heavy atom.